The molecule has 0 aliphatic carbocycles. The molecule has 0 aliphatic rings. The van der Waals surface area contributed by atoms with Crippen molar-refractivity contribution in [2.75, 3.05) is 17.2 Å². The van der Waals surface area contributed by atoms with E-state index in [-0.39, 0.29) is 5.91 Å². The van der Waals surface area contributed by atoms with Crippen LogP contribution in [0.3, 0.4) is 0 Å². The molecular formula is C12H12BrN3OS. The number of para-hydroxylation sites is 1. The molecule has 1 aromatic heterocycles. The number of carbonyl (C=O) groups excluding carboxylic acids is 1. The molecule has 2 rings (SSSR count). The first kappa shape index (κ1) is 13.0. The Morgan fingerprint density at radius 1 is 1.44 bits per heavy atom. The summed E-state index contributed by atoms with van der Waals surface area (Å²) in [5.41, 5.74) is 1.44. The van der Waals surface area contributed by atoms with Gasteiger partial charge >= 0.3 is 0 Å². The molecule has 94 valence electrons. The number of halogens is 1. The van der Waals surface area contributed by atoms with Crippen LogP contribution in [0.1, 0.15) is 17.3 Å². The van der Waals surface area contributed by atoms with Crippen molar-refractivity contribution in [3.05, 3.63) is 39.8 Å². The average Bonchev–Trinajstić information content (AvgIpc) is 2.76. The number of hydrogen-bond acceptors (Lipinski definition) is 4. The number of nitrogens with one attached hydrogen (secondary N) is 2. The van der Waals surface area contributed by atoms with E-state index in [1.807, 2.05) is 25.1 Å². The molecule has 1 aromatic carbocycles. The van der Waals surface area contributed by atoms with Gasteiger partial charge in [0.2, 0.25) is 0 Å². The summed E-state index contributed by atoms with van der Waals surface area (Å²) < 4.78 is 0.887. The van der Waals surface area contributed by atoms with Crippen molar-refractivity contribution in [1.29, 1.82) is 0 Å². The van der Waals surface area contributed by atoms with Crippen molar-refractivity contribution < 1.29 is 4.79 Å². The highest BCUT2D eigenvalue weighted by atomic mass is 79.9. The normalized spacial score (nSPS) is 10.1. The summed E-state index contributed by atoms with van der Waals surface area (Å²) in [6.07, 6.45) is 1.66. The van der Waals surface area contributed by atoms with Gasteiger partial charge in [0.1, 0.15) is 0 Å². The van der Waals surface area contributed by atoms with Gasteiger partial charge in [0.15, 0.2) is 5.13 Å². The number of benzene rings is 1. The topological polar surface area (TPSA) is 54.0 Å². The Morgan fingerprint density at radius 3 is 2.89 bits per heavy atom. The SMILES string of the molecule is CCNc1ccccc1C(=O)Nc1ncc(Br)s1. The summed E-state index contributed by atoms with van der Waals surface area (Å²) in [4.78, 5) is 16.2. The van der Waals surface area contributed by atoms with E-state index < -0.39 is 0 Å². The van der Waals surface area contributed by atoms with Crippen molar-refractivity contribution in [2.24, 2.45) is 0 Å². The van der Waals surface area contributed by atoms with Gasteiger partial charge in [0.05, 0.1) is 15.5 Å². The van der Waals surface area contributed by atoms with Crippen LogP contribution in [0.25, 0.3) is 0 Å². The molecule has 18 heavy (non-hydrogen) atoms. The minimum atomic E-state index is -0.159. The quantitative estimate of drug-likeness (QED) is 0.903. The van der Waals surface area contributed by atoms with E-state index in [4.69, 9.17) is 0 Å². The molecule has 0 unspecified atom stereocenters. The van der Waals surface area contributed by atoms with Gasteiger partial charge in [0, 0.05) is 12.2 Å². The number of carbonyl (C=O) groups is 1. The van der Waals surface area contributed by atoms with Crippen molar-refractivity contribution in [3.63, 3.8) is 0 Å². The van der Waals surface area contributed by atoms with E-state index in [2.05, 4.69) is 31.5 Å². The molecule has 0 radical (unpaired) electrons. The lowest BCUT2D eigenvalue weighted by Gasteiger charge is -2.09. The molecule has 0 saturated carbocycles. The Bertz CT molecular complexity index is 556. The maximum Gasteiger partial charge on any atom is 0.259 e. The summed E-state index contributed by atoms with van der Waals surface area (Å²) in [5, 5.41) is 6.52. The van der Waals surface area contributed by atoms with Gasteiger partial charge in [-0.15, -0.1) is 0 Å². The van der Waals surface area contributed by atoms with Crippen LogP contribution in [0.5, 0.6) is 0 Å². The lowest BCUT2D eigenvalue weighted by Crippen LogP contribution is -2.14. The molecule has 2 aromatic rings. The standard InChI is InChI=1S/C12H12BrN3OS/c1-2-14-9-6-4-3-5-8(9)11(17)16-12-15-7-10(13)18-12/h3-7,14H,2H2,1H3,(H,15,16,17). The van der Waals surface area contributed by atoms with Crippen LogP contribution in [0, 0.1) is 0 Å². The molecule has 6 heteroatoms. The highest BCUT2D eigenvalue weighted by molar-refractivity contribution is 9.11. The van der Waals surface area contributed by atoms with Gasteiger partial charge < -0.3 is 5.32 Å². The summed E-state index contributed by atoms with van der Waals surface area (Å²) >= 11 is 4.69. The van der Waals surface area contributed by atoms with E-state index in [9.17, 15) is 4.79 Å². The van der Waals surface area contributed by atoms with Crippen LogP contribution in [0.15, 0.2) is 34.2 Å². The summed E-state index contributed by atoms with van der Waals surface area (Å²) in [6, 6.07) is 7.41. The molecule has 0 fully saturated rings. The van der Waals surface area contributed by atoms with E-state index in [0.29, 0.717) is 10.7 Å². The van der Waals surface area contributed by atoms with Crippen LogP contribution in [0.4, 0.5) is 10.8 Å². The van der Waals surface area contributed by atoms with Crippen LogP contribution in [-0.4, -0.2) is 17.4 Å². The van der Waals surface area contributed by atoms with E-state index in [1.54, 1.807) is 12.3 Å². The van der Waals surface area contributed by atoms with Crippen LogP contribution in [-0.2, 0) is 0 Å². The molecule has 1 amide bonds. The van der Waals surface area contributed by atoms with Gasteiger partial charge in [-0.2, -0.15) is 0 Å². The number of thiazole rings is 1. The lowest BCUT2D eigenvalue weighted by molar-refractivity contribution is 0.102. The van der Waals surface area contributed by atoms with Crippen LogP contribution >= 0.6 is 27.3 Å². The van der Waals surface area contributed by atoms with Crippen molar-refractivity contribution in [3.8, 4) is 0 Å². The monoisotopic (exact) mass is 325 g/mol. The Hall–Kier alpha value is -1.40. The number of rotatable bonds is 4. The van der Waals surface area contributed by atoms with Gasteiger partial charge in [-0.1, -0.05) is 23.5 Å². The fourth-order valence-electron chi connectivity index (χ4n) is 1.50. The first-order chi connectivity index (χ1) is 8.70. The van der Waals surface area contributed by atoms with Gasteiger partial charge in [-0.05, 0) is 35.0 Å². The number of amides is 1. The highest BCUT2D eigenvalue weighted by Gasteiger charge is 2.12. The van der Waals surface area contributed by atoms with Crippen molar-refractivity contribution in [2.45, 2.75) is 6.92 Å². The first-order valence-electron chi connectivity index (χ1n) is 5.46. The second kappa shape index (κ2) is 5.97. The second-order valence-electron chi connectivity index (χ2n) is 3.50. The van der Waals surface area contributed by atoms with E-state index in [0.717, 1.165) is 16.0 Å². The first-order valence-corrected chi connectivity index (χ1v) is 7.07. The van der Waals surface area contributed by atoms with Gasteiger partial charge in [0.25, 0.3) is 5.91 Å². The Balaban J connectivity index is 2.18. The third-order valence-corrected chi connectivity index (χ3v) is 3.63. The molecule has 0 bridgehead atoms. The third-order valence-electron chi connectivity index (χ3n) is 2.24. The molecule has 0 spiro atoms. The minimum absolute atomic E-state index is 0.159. The van der Waals surface area contributed by atoms with Crippen molar-refractivity contribution >= 4 is 44.0 Å². The minimum Gasteiger partial charge on any atom is -0.385 e. The smallest absolute Gasteiger partial charge is 0.259 e. The summed E-state index contributed by atoms with van der Waals surface area (Å²) in [5.74, 6) is -0.159. The third kappa shape index (κ3) is 3.08. The molecule has 0 atom stereocenters. The predicted octanol–water partition coefficient (Wildman–Crippen LogP) is 3.59. The van der Waals surface area contributed by atoms with Crippen LogP contribution < -0.4 is 10.6 Å². The van der Waals surface area contributed by atoms with E-state index in [1.165, 1.54) is 11.3 Å². The fourth-order valence-corrected chi connectivity index (χ4v) is 2.60. The molecule has 0 saturated heterocycles. The average molecular weight is 326 g/mol. The number of aromatic nitrogens is 1. The Labute approximate surface area is 118 Å². The zero-order chi connectivity index (χ0) is 13.0. The molecular weight excluding hydrogens is 314 g/mol. The zero-order valence-corrected chi connectivity index (χ0v) is 12.1. The van der Waals surface area contributed by atoms with Crippen molar-refractivity contribution in [1.82, 2.24) is 4.98 Å². The molecule has 4 nitrogen and oxygen atoms in total. The fraction of sp³-hybridized carbons (Fsp3) is 0.167. The zero-order valence-electron chi connectivity index (χ0n) is 9.74. The number of anilines is 2. The highest BCUT2D eigenvalue weighted by Crippen LogP contribution is 2.24. The predicted molar refractivity (Wildman–Crippen MR) is 78.4 cm³/mol. The maximum absolute atomic E-state index is 12.1. The molecule has 2 N–H and O–H groups in total. The second-order valence-corrected chi connectivity index (χ2v) is 5.91. The lowest BCUT2D eigenvalue weighted by atomic mass is 10.1. The summed E-state index contributed by atoms with van der Waals surface area (Å²) in [6.45, 7) is 2.76. The number of hydrogen-bond donors (Lipinski definition) is 2. The largest absolute Gasteiger partial charge is 0.385 e. The maximum atomic E-state index is 12.1. The Kier molecular flexibility index (Phi) is 4.33. The van der Waals surface area contributed by atoms with E-state index >= 15 is 0 Å². The molecule has 0 aliphatic heterocycles. The summed E-state index contributed by atoms with van der Waals surface area (Å²) in [7, 11) is 0. The van der Waals surface area contributed by atoms with Gasteiger partial charge in [-0.3, -0.25) is 10.1 Å². The Morgan fingerprint density at radius 2 is 2.22 bits per heavy atom. The van der Waals surface area contributed by atoms with Gasteiger partial charge in [-0.25, -0.2) is 4.98 Å². The van der Waals surface area contributed by atoms with Crippen LogP contribution in [0.2, 0.25) is 0 Å². The molecule has 1 heterocycles. The number of nitrogens with zero attached hydrogens (tertiary/aromatic N) is 1.